The van der Waals surface area contributed by atoms with Crippen LogP contribution in [-0.4, -0.2) is 44.6 Å². The zero-order chi connectivity index (χ0) is 24.5. The van der Waals surface area contributed by atoms with Gasteiger partial charge >= 0.3 is 0 Å². The zero-order valence-corrected chi connectivity index (χ0v) is 19.9. The van der Waals surface area contributed by atoms with Crippen LogP contribution >= 0.6 is 0 Å². The Morgan fingerprint density at radius 1 is 1.12 bits per heavy atom. The normalized spacial score (nSPS) is 13.1. The molecule has 0 saturated carbocycles. The number of ether oxygens (including phenoxy) is 4. The minimum Gasteiger partial charge on any atom is -0.493 e. The quantitative estimate of drug-likeness (QED) is 0.296. The van der Waals surface area contributed by atoms with Crippen molar-refractivity contribution in [1.29, 1.82) is 0 Å². The SMILES string of the molecule is CCCCOc1ccc(C=NNC(=O)C(NC(=O)c2ccc3c(c2)OCO3)C(C)C)cc1OC. The Morgan fingerprint density at radius 3 is 2.65 bits per heavy atom. The molecule has 1 aliphatic rings. The molecule has 9 heteroatoms. The number of methoxy groups -OCH3 is 1. The number of nitrogens with one attached hydrogen (secondary N) is 2. The Labute approximate surface area is 199 Å². The minimum absolute atomic E-state index is 0.121. The molecule has 3 rings (SSSR count). The Balaban J connectivity index is 1.60. The lowest BCUT2D eigenvalue weighted by atomic mass is 10.0. The Bertz CT molecular complexity index is 1040. The lowest BCUT2D eigenvalue weighted by Gasteiger charge is -2.20. The minimum atomic E-state index is -0.779. The van der Waals surface area contributed by atoms with Crippen molar-refractivity contribution in [2.24, 2.45) is 11.0 Å². The molecule has 9 nitrogen and oxygen atoms in total. The van der Waals surface area contributed by atoms with Crippen molar-refractivity contribution in [2.75, 3.05) is 20.5 Å². The highest BCUT2D eigenvalue weighted by Crippen LogP contribution is 2.32. The molecule has 2 aromatic carbocycles. The summed E-state index contributed by atoms with van der Waals surface area (Å²) >= 11 is 0. The first-order chi connectivity index (χ1) is 16.4. The predicted octanol–water partition coefficient (Wildman–Crippen LogP) is 3.51. The van der Waals surface area contributed by atoms with E-state index in [4.69, 9.17) is 18.9 Å². The van der Waals surface area contributed by atoms with Gasteiger partial charge in [0.05, 0.1) is 19.9 Å². The summed E-state index contributed by atoms with van der Waals surface area (Å²) in [6, 6.07) is 9.51. The second-order valence-corrected chi connectivity index (χ2v) is 8.11. The highest BCUT2D eigenvalue weighted by molar-refractivity contribution is 5.98. The van der Waals surface area contributed by atoms with Gasteiger partial charge < -0.3 is 24.3 Å². The van der Waals surface area contributed by atoms with E-state index in [1.807, 2.05) is 19.9 Å². The molecule has 0 aromatic heterocycles. The number of carbonyl (C=O) groups excluding carboxylic acids is 2. The zero-order valence-electron chi connectivity index (χ0n) is 19.9. The standard InChI is InChI=1S/C25H31N3O6/c1-5-6-11-32-19-9-7-17(12-21(19)31-4)14-26-28-25(30)23(16(2)3)27-24(29)18-8-10-20-22(13-18)34-15-33-20/h7-10,12-14,16,23H,5-6,11,15H2,1-4H3,(H,27,29)(H,28,30). The van der Waals surface area contributed by atoms with Gasteiger partial charge in [-0.2, -0.15) is 5.10 Å². The van der Waals surface area contributed by atoms with Crippen LogP contribution in [0.1, 0.15) is 49.5 Å². The number of hydrogen-bond acceptors (Lipinski definition) is 7. The molecule has 1 heterocycles. The van der Waals surface area contributed by atoms with Crippen molar-refractivity contribution in [3.05, 3.63) is 47.5 Å². The average molecular weight is 470 g/mol. The van der Waals surface area contributed by atoms with Crippen LogP contribution in [0, 0.1) is 5.92 Å². The molecule has 0 spiro atoms. The molecule has 1 unspecified atom stereocenters. The van der Waals surface area contributed by atoms with Gasteiger partial charge in [0.2, 0.25) is 6.79 Å². The fourth-order valence-electron chi connectivity index (χ4n) is 3.25. The molecule has 1 aliphatic heterocycles. The Morgan fingerprint density at radius 2 is 1.91 bits per heavy atom. The van der Waals surface area contributed by atoms with Crippen LogP contribution in [0.15, 0.2) is 41.5 Å². The summed E-state index contributed by atoms with van der Waals surface area (Å²) in [6.45, 7) is 6.52. The second-order valence-electron chi connectivity index (χ2n) is 8.11. The van der Waals surface area contributed by atoms with Crippen molar-refractivity contribution >= 4 is 18.0 Å². The van der Waals surface area contributed by atoms with E-state index in [1.165, 1.54) is 6.21 Å². The summed E-state index contributed by atoms with van der Waals surface area (Å²) in [4.78, 5) is 25.4. The molecule has 2 aromatic rings. The number of carbonyl (C=O) groups is 2. The molecule has 0 fully saturated rings. The van der Waals surface area contributed by atoms with E-state index in [-0.39, 0.29) is 18.6 Å². The van der Waals surface area contributed by atoms with Crippen LogP contribution in [-0.2, 0) is 4.79 Å². The van der Waals surface area contributed by atoms with Gasteiger partial charge in [0.1, 0.15) is 6.04 Å². The predicted molar refractivity (Wildman–Crippen MR) is 128 cm³/mol. The highest BCUT2D eigenvalue weighted by Gasteiger charge is 2.25. The van der Waals surface area contributed by atoms with Crippen molar-refractivity contribution < 1.29 is 28.5 Å². The van der Waals surface area contributed by atoms with Crippen molar-refractivity contribution in [3.63, 3.8) is 0 Å². The van der Waals surface area contributed by atoms with Gasteiger partial charge in [0.15, 0.2) is 23.0 Å². The molecule has 0 saturated heterocycles. The Hall–Kier alpha value is -3.75. The summed E-state index contributed by atoms with van der Waals surface area (Å²) in [5, 5.41) is 6.81. The van der Waals surface area contributed by atoms with Gasteiger partial charge in [-0.05, 0) is 54.3 Å². The summed E-state index contributed by atoms with van der Waals surface area (Å²) in [5.74, 6) is 1.35. The van der Waals surface area contributed by atoms with Gasteiger partial charge in [-0.3, -0.25) is 9.59 Å². The van der Waals surface area contributed by atoms with Gasteiger partial charge in [-0.25, -0.2) is 5.43 Å². The topological polar surface area (TPSA) is 107 Å². The van der Waals surface area contributed by atoms with E-state index in [9.17, 15) is 9.59 Å². The maximum Gasteiger partial charge on any atom is 0.262 e. The number of hydrogen-bond donors (Lipinski definition) is 2. The summed E-state index contributed by atoms with van der Waals surface area (Å²) in [5.41, 5.74) is 3.61. The smallest absolute Gasteiger partial charge is 0.262 e. The van der Waals surface area contributed by atoms with E-state index in [2.05, 4.69) is 22.8 Å². The van der Waals surface area contributed by atoms with E-state index >= 15 is 0 Å². The molecule has 2 amide bonds. The number of nitrogens with zero attached hydrogens (tertiary/aromatic N) is 1. The van der Waals surface area contributed by atoms with Crippen LogP contribution in [0.4, 0.5) is 0 Å². The number of benzene rings is 2. The number of unbranched alkanes of at least 4 members (excludes halogenated alkanes) is 1. The van der Waals surface area contributed by atoms with E-state index in [1.54, 1.807) is 37.4 Å². The summed E-state index contributed by atoms with van der Waals surface area (Å²) in [7, 11) is 1.57. The lowest BCUT2D eigenvalue weighted by Crippen LogP contribution is -2.48. The molecule has 34 heavy (non-hydrogen) atoms. The van der Waals surface area contributed by atoms with Crippen LogP contribution in [0.5, 0.6) is 23.0 Å². The van der Waals surface area contributed by atoms with Crippen molar-refractivity contribution in [2.45, 2.75) is 39.7 Å². The van der Waals surface area contributed by atoms with Crippen LogP contribution in [0.2, 0.25) is 0 Å². The number of rotatable bonds is 11. The van der Waals surface area contributed by atoms with Crippen LogP contribution in [0.3, 0.4) is 0 Å². The Kier molecular flexibility index (Phi) is 8.73. The third kappa shape index (κ3) is 6.40. The second kappa shape index (κ2) is 11.9. The molecule has 0 bridgehead atoms. The van der Waals surface area contributed by atoms with E-state index in [0.717, 1.165) is 18.4 Å². The maximum atomic E-state index is 12.7. The molecule has 2 N–H and O–H groups in total. The maximum absolute atomic E-state index is 12.7. The van der Waals surface area contributed by atoms with Gasteiger partial charge in [0, 0.05) is 5.56 Å². The first-order valence-corrected chi connectivity index (χ1v) is 11.3. The molecule has 0 radical (unpaired) electrons. The third-order valence-corrected chi connectivity index (χ3v) is 5.20. The van der Waals surface area contributed by atoms with Gasteiger partial charge in [0.25, 0.3) is 11.8 Å². The highest BCUT2D eigenvalue weighted by atomic mass is 16.7. The van der Waals surface area contributed by atoms with E-state index in [0.29, 0.717) is 35.2 Å². The monoisotopic (exact) mass is 469 g/mol. The largest absolute Gasteiger partial charge is 0.493 e. The molecular weight excluding hydrogens is 438 g/mol. The molecule has 182 valence electrons. The fourth-order valence-corrected chi connectivity index (χ4v) is 3.25. The van der Waals surface area contributed by atoms with Crippen molar-refractivity contribution in [3.8, 4) is 23.0 Å². The summed E-state index contributed by atoms with van der Waals surface area (Å²) < 4.78 is 21.7. The van der Waals surface area contributed by atoms with Crippen LogP contribution < -0.4 is 29.7 Å². The average Bonchev–Trinajstić information content (AvgIpc) is 3.30. The van der Waals surface area contributed by atoms with Crippen LogP contribution in [0.25, 0.3) is 0 Å². The van der Waals surface area contributed by atoms with Gasteiger partial charge in [-0.15, -0.1) is 0 Å². The van der Waals surface area contributed by atoms with Gasteiger partial charge in [-0.1, -0.05) is 27.2 Å². The van der Waals surface area contributed by atoms with Crippen molar-refractivity contribution in [1.82, 2.24) is 10.7 Å². The molecule has 0 aliphatic carbocycles. The lowest BCUT2D eigenvalue weighted by molar-refractivity contribution is -0.123. The first kappa shape index (κ1) is 24.9. The molecular formula is C25H31N3O6. The number of fused-ring (bicyclic) bond motifs is 1. The number of hydrazone groups is 1. The summed E-state index contributed by atoms with van der Waals surface area (Å²) in [6.07, 6.45) is 3.51. The number of amides is 2. The fraction of sp³-hybridized carbons (Fsp3) is 0.400. The van der Waals surface area contributed by atoms with E-state index < -0.39 is 11.9 Å². The first-order valence-electron chi connectivity index (χ1n) is 11.3. The molecule has 1 atom stereocenters. The third-order valence-electron chi connectivity index (χ3n) is 5.20.